The number of carboxylic acids is 1. The maximum Gasteiger partial charge on any atom is 0.300 e. The summed E-state index contributed by atoms with van der Waals surface area (Å²) in [7, 11) is 0. The smallest absolute Gasteiger partial charge is 0.300 e. The van der Waals surface area contributed by atoms with Crippen LogP contribution in [0.2, 0.25) is 0 Å². The summed E-state index contributed by atoms with van der Waals surface area (Å²) in [6.07, 6.45) is 8.81. The number of nitrogens with zero attached hydrogens (tertiary/aromatic N) is 5. The number of rotatable bonds is 6. The Morgan fingerprint density at radius 1 is 1.18 bits per heavy atom. The van der Waals surface area contributed by atoms with Crippen LogP contribution < -0.4 is 22.1 Å². The molecule has 2 aromatic heterocycles. The van der Waals surface area contributed by atoms with Gasteiger partial charge in [-0.25, -0.2) is 4.98 Å². The van der Waals surface area contributed by atoms with Gasteiger partial charge >= 0.3 is 0 Å². The van der Waals surface area contributed by atoms with Crippen molar-refractivity contribution in [3.05, 3.63) is 48.4 Å². The minimum absolute atomic E-state index is 0.0535. The number of nitrogens with two attached hydrogens (primary N) is 2. The van der Waals surface area contributed by atoms with Crippen molar-refractivity contribution >= 4 is 29.3 Å². The molecule has 0 saturated heterocycles. The highest BCUT2D eigenvalue weighted by Gasteiger charge is 2.23. The van der Waals surface area contributed by atoms with Crippen molar-refractivity contribution in [2.75, 3.05) is 10.6 Å². The molecule has 1 saturated carbocycles. The molecule has 0 spiro atoms. The van der Waals surface area contributed by atoms with E-state index in [-0.39, 0.29) is 17.6 Å². The summed E-state index contributed by atoms with van der Waals surface area (Å²) < 4.78 is 0. The molecule has 33 heavy (non-hydrogen) atoms. The van der Waals surface area contributed by atoms with Gasteiger partial charge < -0.3 is 27.2 Å². The molecule has 1 fully saturated rings. The van der Waals surface area contributed by atoms with Crippen molar-refractivity contribution in [3.8, 4) is 5.69 Å². The average molecular weight is 454 g/mol. The van der Waals surface area contributed by atoms with Crippen LogP contribution in [-0.4, -0.2) is 54.0 Å². The molecule has 0 aliphatic heterocycles. The van der Waals surface area contributed by atoms with Gasteiger partial charge in [-0.15, -0.1) is 0 Å². The molecule has 174 valence electrons. The Hall–Kier alpha value is -4.06. The summed E-state index contributed by atoms with van der Waals surface area (Å²) in [5, 5.41) is 22.1. The van der Waals surface area contributed by atoms with Crippen molar-refractivity contribution in [1.82, 2.24) is 25.0 Å². The Bertz CT molecular complexity index is 1080. The highest BCUT2D eigenvalue weighted by Crippen LogP contribution is 2.24. The Balaban J connectivity index is 0.000000709. The SMILES string of the molecule is CC(=O)O.NC(=O)c1cnc(NC2CCCCC2N)nc1Nc1cccc(-n2nccn2)c1. The number of anilines is 3. The minimum Gasteiger partial charge on any atom is -0.481 e. The van der Waals surface area contributed by atoms with Crippen LogP contribution in [-0.2, 0) is 4.79 Å². The first kappa shape index (κ1) is 23.6. The summed E-state index contributed by atoms with van der Waals surface area (Å²) in [4.78, 5) is 31.1. The Kier molecular flexibility index (Phi) is 7.86. The predicted molar refractivity (Wildman–Crippen MR) is 122 cm³/mol. The molecule has 2 atom stereocenters. The van der Waals surface area contributed by atoms with Gasteiger partial charge in [-0.05, 0) is 31.0 Å². The zero-order valence-corrected chi connectivity index (χ0v) is 18.2. The maximum atomic E-state index is 11.9. The second-order valence-electron chi connectivity index (χ2n) is 7.53. The molecule has 1 aliphatic carbocycles. The molecule has 4 rings (SSSR count). The lowest BCUT2D eigenvalue weighted by Gasteiger charge is -2.29. The number of carboxylic acid groups (broad SMARTS) is 1. The van der Waals surface area contributed by atoms with Crippen molar-refractivity contribution in [2.45, 2.75) is 44.7 Å². The molecule has 3 aromatic rings. The summed E-state index contributed by atoms with van der Waals surface area (Å²) in [6, 6.07) is 7.58. The second-order valence-corrected chi connectivity index (χ2v) is 7.53. The fourth-order valence-corrected chi connectivity index (χ4v) is 3.43. The molecule has 2 unspecified atom stereocenters. The normalized spacial score (nSPS) is 17.4. The molecule has 1 aliphatic rings. The minimum atomic E-state index is -0.833. The van der Waals surface area contributed by atoms with E-state index in [1.54, 1.807) is 12.4 Å². The van der Waals surface area contributed by atoms with Gasteiger partial charge in [0, 0.05) is 30.9 Å². The maximum absolute atomic E-state index is 11.9. The monoisotopic (exact) mass is 453 g/mol. The summed E-state index contributed by atoms with van der Waals surface area (Å²) in [5.41, 5.74) is 13.4. The van der Waals surface area contributed by atoms with E-state index in [2.05, 4.69) is 30.8 Å². The van der Waals surface area contributed by atoms with Crippen LogP contribution in [0.15, 0.2) is 42.9 Å². The Labute approximate surface area is 190 Å². The van der Waals surface area contributed by atoms with Gasteiger partial charge in [-0.3, -0.25) is 9.59 Å². The fraction of sp³-hybridized carbons (Fsp3) is 0.333. The molecule has 12 nitrogen and oxygen atoms in total. The number of hydrogen-bond acceptors (Lipinski definition) is 9. The average Bonchev–Trinajstić information content (AvgIpc) is 3.30. The van der Waals surface area contributed by atoms with Crippen LogP contribution >= 0.6 is 0 Å². The highest BCUT2D eigenvalue weighted by atomic mass is 16.4. The van der Waals surface area contributed by atoms with Crippen LogP contribution in [0.1, 0.15) is 43.0 Å². The summed E-state index contributed by atoms with van der Waals surface area (Å²) in [6.45, 7) is 1.08. The first-order valence-corrected chi connectivity index (χ1v) is 10.5. The quantitative estimate of drug-likeness (QED) is 0.367. The number of primary amides is 1. The predicted octanol–water partition coefficient (Wildman–Crippen LogP) is 1.67. The third-order valence-electron chi connectivity index (χ3n) is 4.95. The third-order valence-corrected chi connectivity index (χ3v) is 4.95. The second kappa shape index (κ2) is 11.0. The Morgan fingerprint density at radius 3 is 2.55 bits per heavy atom. The fourth-order valence-electron chi connectivity index (χ4n) is 3.43. The van der Waals surface area contributed by atoms with E-state index in [0.717, 1.165) is 38.3 Å². The van der Waals surface area contributed by atoms with Crippen molar-refractivity contribution in [1.29, 1.82) is 0 Å². The molecule has 0 bridgehead atoms. The zero-order valence-electron chi connectivity index (χ0n) is 18.2. The first-order chi connectivity index (χ1) is 15.8. The molecular formula is C21H27N9O3. The van der Waals surface area contributed by atoms with Crippen molar-refractivity contribution in [2.24, 2.45) is 11.5 Å². The van der Waals surface area contributed by atoms with Crippen LogP contribution in [0, 0.1) is 0 Å². The van der Waals surface area contributed by atoms with Gasteiger partial charge in [0.15, 0.2) is 0 Å². The van der Waals surface area contributed by atoms with E-state index in [1.165, 1.54) is 11.0 Å². The van der Waals surface area contributed by atoms with Gasteiger partial charge in [0.1, 0.15) is 11.4 Å². The molecule has 1 amide bonds. The highest BCUT2D eigenvalue weighted by molar-refractivity contribution is 5.98. The van der Waals surface area contributed by atoms with Crippen LogP contribution in [0.25, 0.3) is 5.69 Å². The number of carbonyl (C=O) groups excluding carboxylic acids is 1. The molecule has 12 heteroatoms. The standard InChI is InChI=1S/C19H23N9O.C2H4O2/c20-15-6-1-2-7-16(15)26-19-22-11-14(17(21)29)18(27-19)25-12-4-3-5-13(10-12)28-23-8-9-24-28;1-2(3)4/h3-5,8-11,15-16H,1-2,6-7,20H2,(H2,21,29)(H2,22,25,26,27);1H3,(H,3,4). The Morgan fingerprint density at radius 2 is 1.88 bits per heavy atom. The lowest BCUT2D eigenvalue weighted by molar-refractivity contribution is -0.134. The molecule has 7 N–H and O–H groups in total. The zero-order chi connectivity index (χ0) is 23.8. The number of benzene rings is 1. The first-order valence-electron chi connectivity index (χ1n) is 10.5. The van der Waals surface area contributed by atoms with Crippen LogP contribution in [0.5, 0.6) is 0 Å². The van der Waals surface area contributed by atoms with Gasteiger partial charge in [-0.1, -0.05) is 18.9 Å². The molecule has 2 heterocycles. The molecule has 0 radical (unpaired) electrons. The van der Waals surface area contributed by atoms with Gasteiger partial charge in [0.2, 0.25) is 5.95 Å². The summed E-state index contributed by atoms with van der Waals surface area (Å²) >= 11 is 0. The number of nitrogens with one attached hydrogen (secondary N) is 2. The molecular weight excluding hydrogens is 426 g/mol. The van der Waals surface area contributed by atoms with E-state index in [1.807, 2.05) is 24.3 Å². The van der Waals surface area contributed by atoms with Gasteiger partial charge in [0.25, 0.3) is 11.9 Å². The van der Waals surface area contributed by atoms with Gasteiger partial charge in [0.05, 0.1) is 18.1 Å². The largest absolute Gasteiger partial charge is 0.481 e. The number of aliphatic carboxylic acids is 1. The molecule has 1 aromatic carbocycles. The van der Waals surface area contributed by atoms with Crippen LogP contribution in [0.3, 0.4) is 0 Å². The van der Waals surface area contributed by atoms with Crippen LogP contribution in [0.4, 0.5) is 17.5 Å². The summed E-state index contributed by atoms with van der Waals surface area (Å²) in [5.74, 6) is -0.715. The van der Waals surface area contributed by atoms with E-state index < -0.39 is 11.9 Å². The lowest BCUT2D eigenvalue weighted by atomic mass is 9.91. The lowest BCUT2D eigenvalue weighted by Crippen LogP contribution is -2.43. The number of hydrogen-bond donors (Lipinski definition) is 5. The van der Waals surface area contributed by atoms with Crippen molar-refractivity contribution in [3.63, 3.8) is 0 Å². The third kappa shape index (κ3) is 6.71. The van der Waals surface area contributed by atoms with Gasteiger partial charge in [-0.2, -0.15) is 20.0 Å². The van der Waals surface area contributed by atoms with E-state index >= 15 is 0 Å². The van der Waals surface area contributed by atoms with E-state index in [9.17, 15) is 4.79 Å². The number of carbonyl (C=O) groups is 2. The number of aromatic nitrogens is 5. The van der Waals surface area contributed by atoms with E-state index in [4.69, 9.17) is 21.4 Å². The van der Waals surface area contributed by atoms with E-state index in [0.29, 0.717) is 17.5 Å². The number of amides is 1. The topological polar surface area (TPSA) is 187 Å². The van der Waals surface area contributed by atoms with Crippen molar-refractivity contribution < 1.29 is 14.7 Å².